The highest BCUT2D eigenvalue weighted by Crippen LogP contribution is 2.19. The Balaban J connectivity index is 2.67. The van der Waals surface area contributed by atoms with Gasteiger partial charge in [-0.05, 0) is 79.3 Å². The van der Waals surface area contributed by atoms with E-state index < -0.39 is 42.6 Å². The smallest absolute Gasteiger partial charge is 0.245 e. The van der Waals surface area contributed by atoms with Gasteiger partial charge in [0.2, 0.25) is 11.8 Å². The number of unbranched alkanes of at least 4 members (excludes halogenated alkanes) is 2. The molecule has 1 fully saturated rings. The van der Waals surface area contributed by atoms with Crippen LogP contribution in [0.3, 0.4) is 0 Å². The highest BCUT2D eigenvalue weighted by atomic mass is 16.3. The van der Waals surface area contributed by atoms with Crippen molar-refractivity contribution in [2.24, 2.45) is 0 Å². The van der Waals surface area contributed by atoms with Crippen LogP contribution in [-0.4, -0.2) is 140 Å². The SMILES string of the molecule is CC(O)CN(CCCCC1C(=O)NC(CCCCN(CC(C)O)CC(O)C#N)C(=O)N1CC(C)O)CC(C)O. The van der Waals surface area contributed by atoms with Gasteiger partial charge in [0.25, 0.3) is 0 Å². The summed E-state index contributed by atoms with van der Waals surface area (Å²) < 4.78 is 0. The molecular weight excluding hydrogens is 506 g/mol. The number of β-amino-alcohol motifs (C(OH)–C–C–N with tert-alkyl or cyclic N) is 1. The van der Waals surface area contributed by atoms with Crippen molar-refractivity contribution in [3.05, 3.63) is 0 Å². The minimum Gasteiger partial charge on any atom is -0.392 e. The van der Waals surface area contributed by atoms with Crippen LogP contribution in [0.15, 0.2) is 0 Å². The first-order valence-electron chi connectivity index (χ1n) is 14.2. The Bertz CT molecular complexity index is 749. The number of hydrogen-bond donors (Lipinski definition) is 6. The zero-order valence-corrected chi connectivity index (χ0v) is 24.1. The average molecular weight is 558 g/mol. The molecule has 12 heteroatoms. The molecule has 1 rings (SSSR count). The summed E-state index contributed by atoms with van der Waals surface area (Å²) in [6.45, 7) is 9.18. The molecule has 39 heavy (non-hydrogen) atoms. The van der Waals surface area contributed by atoms with Crippen LogP contribution in [0, 0.1) is 11.3 Å². The van der Waals surface area contributed by atoms with Gasteiger partial charge in [-0.2, -0.15) is 5.26 Å². The van der Waals surface area contributed by atoms with Gasteiger partial charge in [-0.3, -0.25) is 19.4 Å². The first-order valence-corrected chi connectivity index (χ1v) is 14.2. The Labute approximate surface area is 233 Å². The molecule has 6 N–H and O–H groups in total. The zero-order valence-electron chi connectivity index (χ0n) is 24.1. The fourth-order valence-corrected chi connectivity index (χ4v) is 5.09. The molecule has 1 saturated heterocycles. The summed E-state index contributed by atoms with van der Waals surface area (Å²) in [6, 6.07) is 0.423. The summed E-state index contributed by atoms with van der Waals surface area (Å²) in [5, 5.41) is 60.5. The fourth-order valence-electron chi connectivity index (χ4n) is 5.09. The highest BCUT2D eigenvalue weighted by Gasteiger charge is 2.40. The van der Waals surface area contributed by atoms with Gasteiger partial charge in [0.15, 0.2) is 6.10 Å². The molecule has 2 amide bonds. The van der Waals surface area contributed by atoms with E-state index in [9.17, 15) is 35.1 Å². The molecule has 226 valence electrons. The molecule has 1 heterocycles. The maximum Gasteiger partial charge on any atom is 0.245 e. The van der Waals surface area contributed by atoms with Crippen molar-refractivity contribution in [2.75, 3.05) is 45.8 Å². The number of amides is 2. The first kappa shape index (κ1) is 35.2. The number of piperazine rings is 1. The quantitative estimate of drug-likeness (QED) is 0.0805. The average Bonchev–Trinajstić information content (AvgIpc) is 2.81. The molecule has 1 aliphatic heterocycles. The predicted octanol–water partition coefficient (Wildman–Crippen LogP) is -0.966. The second-order valence-corrected chi connectivity index (χ2v) is 11.1. The van der Waals surface area contributed by atoms with Crippen molar-refractivity contribution in [3.8, 4) is 6.07 Å². The Hall–Kier alpha value is -1.85. The lowest BCUT2D eigenvalue weighted by molar-refractivity contribution is -0.151. The Morgan fingerprint density at radius 2 is 1.28 bits per heavy atom. The van der Waals surface area contributed by atoms with Crippen LogP contribution in [0.25, 0.3) is 0 Å². The summed E-state index contributed by atoms with van der Waals surface area (Å²) >= 11 is 0. The summed E-state index contributed by atoms with van der Waals surface area (Å²) in [6.07, 6.45) is -0.0449. The summed E-state index contributed by atoms with van der Waals surface area (Å²) in [5.74, 6) is -0.455. The zero-order chi connectivity index (χ0) is 29.5. The predicted molar refractivity (Wildman–Crippen MR) is 146 cm³/mol. The monoisotopic (exact) mass is 557 g/mol. The van der Waals surface area contributed by atoms with E-state index in [4.69, 9.17) is 5.26 Å². The number of carbonyl (C=O) groups is 2. The second kappa shape index (κ2) is 18.5. The molecule has 7 unspecified atom stereocenters. The van der Waals surface area contributed by atoms with E-state index in [0.29, 0.717) is 64.8 Å². The number of hydrogen-bond acceptors (Lipinski definition) is 10. The van der Waals surface area contributed by atoms with E-state index in [2.05, 4.69) is 5.32 Å². The van der Waals surface area contributed by atoms with Gasteiger partial charge in [-0.15, -0.1) is 0 Å². The van der Waals surface area contributed by atoms with Crippen molar-refractivity contribution in [1.29, 1.82) is 5.26 Å². The molecule has 0 aliphatic carbocycles. The van der Waals surface area contributed by atoms with Crippen LogP contribution in [0.1, 0.15) is 66.2 Å². The number of nitrogens with one attached hydrogen (secondary N) is 1. The van der Waals surface area contributed by atoms with Crippen molar-refractivity contribution in [1.82, 2.24) is 20.0 Å². The van der Waals surface area contributed by atoms with Crippen molar-refractivity contribution >= 4 is 11.8 Å². The normalized spacial score (nSPS) is 21.9. The number of aliphatic hydroxyl groups is 5. The van der Waals surface area contributed by atoms with E-state index in [1.54, 1.807) is 38.7 Å². The minimum atomic E-state index is -1.14. The van der Waals surface area contributed by atoms with Crippen LogP contribution < -0.4 is 5.32 Å². The van der Waals surface area contributed by atoms with Gasteiger partial charge >= 0.3 is 0 Å². The third kappa shape index (κ3) is 14.4. The van der Waals surface area contributed by atoms with Crippen molar-refractivity contribution in [2.45, 2.75) is 109 Å². The molecule has 0 aromatic heterocycles. The van der Waals surface area contributed by atoms with E-state index in [1.807, 2.05) is 4.90 Å². The largest absolute Gasteiger partial charge is 0.392 e. The fraction of sp³-hybridized carbons (Fsp3) is 0.889. The lowest BCUT2D eigenvalue weighted by atomic mass is 9.98. The van der Waals surface area contributed by atoms with Gasteiger partial charge in [0.1, 0.15) is 12.1 Å². The number of carbonyl (C=O) groups excluding carboxylic acids is 2. The Morgan fingerprint density at radius 1 is 0.795 bits per heavy atom. The lowest BCUT2D eigenvalue weighted by Gasteiger charge is -2.40. The van der Waals surface area contributed by atoms with Crippen LogP contribution in [-0.2, 0) is 9.59 Å². The molecule has 0 radical (unpaired) electrons. The third-order valence-electron chi connectivity index (χ3n) is 6.60. The Kier molecular flexibility index (Phi) is 16.7. The van der Waals surface area contributed by atoms with Gasteiger partial charge < -0.3 is 35.7 Å². The van der Waals surface area contributed by atoms with Crippen LogP contribution in [0.5, 0.6) is 0 Å². The molecule has 12 nitrogen and oxygen atoms in total. The number of nitriles is 1. The molecule has 0 spiro atoms. The van der Waals surface area contributed by atoms with Gasteiger partial charge in [0.05, 0.1) is 30.5 Å². The van der Waals surface area contributed by atoms with E-state index >= 15 is 0 Å². The molecule has 0 aromatic carbocycles. The van der Waals surface area contributed by atoms with Gasteiger partial charge in [-0.1, -0.05) is 0 Å². The number of aliphatic hydroxyl groups excluding tert-OH is 5. The van der Waals surface area contributed by atoms with Crippen LogP contribution in [0.2, 0.25) is 0 Å². The van der Waals surface area contributed by atoms with Crippen molar-refractivity contribution in [3.63, 3.8) is 0 Å². The topological polar surface area (TPSA) is 181 Å². The first-order chi connectivity index (χ1) is 18.3. The molecule has 0 saturated carbocycles. The maximum absolute atomic E-state index is 13.3. The second-order valence-electron chi connectivity index (χ2n) is 11.1. The molecular formula is C27H51N5O7. The highest BCUT2D eigenvalue weighted by molar-refractivity contribution is 5.96. The molecule has 0 aromatic rings. The summed E-state index contributed by atoms with van der Waals surface area (Å²) in [7, 11) is 0. The van der Waals surface area contributed by atoms with E-state index in [-0.39, 0.29) is 24.9 Å². The summed E-state index contributed by atoms with van der Waals surface area (Å²) in [5.41, 5.74) is 0. The molecule has 1 aliphatic rings. The molecule has 0 bridgehead atoms. The number of rotatable bonds is 20. The van der Waals surface area contributed by atoms with Crippen LogP contribution >= 0.6 is 0 Å². The lowest BCUT2D eigenvalue weighted by Crippen LogP contribution is -2.64. The van der Waals surface area contributed by atoms with Crippen LogP contribution in [0.4, 0.5) is 0 Å². The Morgan fingerprint density at radius 3 is 1.74 bits per heavy atom. The standard InChI is InChI=1S/C27H51N5O7/c1-19(33)14-30(15-20(2)34)11-8-6-10-25-26(38)29-24(27(39)32(25)17-22(4)36)9-5-7-12-31(16-21(3)35)18-23(37)13-28/h19-25,33-37H,5-12,14-18H2,1-4H3,(H,29,38). The van der Waals surface area contributed by atoms with Gasteiger partial charge in [0, 0.05) is 32.7 Å². The van der Waals surface area contributed by atoms with Gasteiger partial charge in [-0.25, -0.2) is 0 Å². The number of nitrogens with zero attached hydrogens (tertiary/aromatic N) is 4. The van der Waals surface area contributed by atoms with E-state index in [0.717, 1.165) is 6.42 Å². The minimum absolute atomic E-state index is 0.0673. The molecule has 7 atom stereocenters. The van der Waals surface area contributed by atoms with E-state index in [1.165, 1.54) is 4.90 Å². The summed E-state index contributed by atoms with van der Waals surface area (Å²) in [4.78, 5) is 31.6. The van der Waals surface area contributed by atoms with Crippen molar-refractivity contribution < 1.29 is 35.1 Å². The third-order valence-corrected chi connectivity index (χ3v) is 6.60. The maximum atomic E-state index is 13.3.